The summed E-state index contributed by atoms with van der Waals surface area (Å²) in [5.41, 5.74) is 6.84. The van der Waals surface area contributed by atoms with E-state index in [1.54, 1.807) is 0 Å². The highest BCUT2D eigenvalue weighted by Crippen LogP contribution is 2.37. The zero-order valence-corrected chi connectivity index (χ0v) is 20.1. The van der Waals surface area contributed by atoms with Crippen LogP contribution >= 0.6 is 11.8 Å². The number of carbonyl (C=O) groups excluding carboxylic acids is 1. The number of anilines is 1. The molecule has 3 aromatic carbocycles. The molecule has 178 valence electrons. The van der Waals surface area contributed by atoms with Crippen LogP contribution in [0.15, 0.2) is 82.5 Å². The van der Waals surface area contributed by atoms with Gasteiger partial charge in [-0.05, 0) is 40.8 Å². The molecule has 0 fully saturated rings. The van der Waals surface area contributed by atoms with Gasteiger partial charge in [0.25, 0.3) is 0 Å². The third-order valence-electron chi connectivity index (χ3n) is 6.00. The monoisotopic (exact) mass is 494 g/mol. The molecule has 0 atom stereocenters. The fraction of sp³-hybridized carbons (Fsp3) is 0.148. The van der Waals surface area contributed by atoms with Crippen LogP contribution in [0.3, 0.4) is 0 Å². The number of amides is 1. The van der Waals surface area contributed by atoms with Crippen molar-refractivity contribution in [2.45, 2.75) is 30.2 Å². The Morgan fingerprint density at radius 1 is 0.972 bits per heavy atom. The maximum Gasteiger partial charge on any atom is 0.227 e. The van der Waals surface area contributed by atoms with Gasteiger partial charge in [0.2, 0.25) is 17.0 Å². The first-order valence-corrected chi connectivity index (χ1v) is 12.6. The predicted molar refractivity (Wildman–Crippen MR) is 137 cm³/mol. The van der Waals surface area contributed by atoms with Crippen LogP contribution in [0.25, 0.3) is 22.5 Å². The molecule has 1 aliphatic rings. The highest BCUT2D eigenvalue weighted by atomic mass is 32.2. The van der Waals surface area contributed by atoms with E-state index in [0.29, 0.717) is 34.9 Å². The number of aromatic nitrogens is 5. The zero-order valence-electron chi connectivity index (χ0n) is 19.3. The predicted octanol–water partition coefficient (Wildman–Crippen LogP) is 5.29. The molecule has 0 spiro atoms. The lowest BCUT2D eigenvalue weighted by Crippen LogP contribution is -2.12. The molecule has 1 amide bonds. The van der Waals surface area contributed by atoms with Crippen LogP contribution in [-0.4, -0.2) is 31.2 Å². The van der Waals surface area contributed by atoms with E-state index in [9.17, 15) is 4.79 Å². The van der Waals surface area contributed by atoms with E-state index in [1.807, 2.05) is 36.4 Å². The van der Waals surface area contributed by atoms with E-state index in [1.165, 1.54) is 34.0 Å². The number of carbonyl (C=O) groups is 1. The topological polar surface area (TPSA) is 110 Å². The van der Waals surface area contributed by atoms with Crippen LogP contribution in [-0.2, 0) is 23.4 Å². The average Bonchev–Trinajstić information content (AvgIpc) is 3.65. The van der Waals surface area contributed by atoms with Crippen LogP contribution in [0.2, 0.25) is 0 Å². The highest BCUT2D eigenvalue weighted by molar-refractivity contribution is 7.98. The fourth-order valence-corrected chi connectivity index (χ4v) is 4.92. The minimum Gasteiger partial charge on any atom is -0.339 e. The van der Waals surface area contributed by atoms with Gasteiger partial charge in [-0.2, -0.15) is 4.98 Å². The second kappa shape index (κ2) is 9.79. The minimum atomic E-state index is -0.0891. The number of nitrogens with one attached hydrogen (secondary N) is 2. The number of H-pyrrole nitrogens is 1. The van der Waals surface area contributed by atoms with Gasteiger partial charge in [-0.3, -0.25) is 9.89 Å². The van der Waals surface area contributed by atoms with E-state index in [4.69, 9.17) is 4.52 Å². The van der Waals surface area contributed by atoms with Crippen LogP contribution in [0.4, 0.5) is 5.69 Å². The fourth-order valence-electron chi connectivity index (χ4n) is 4.28. The molecule has 8 nitrogen and oxygen atoms in total. The van der Waals surface area contributed by atoms with Gasteiger partial charge in [0.1, 0.15) is 0 Å². The number of hydrogen-bond donors (Lipinski definition) is 2. The molecular formula is C27H22N6O2S. The molecule has 2 N–H and O–H groups in total. The quantitative estimate of drug-likeness (QED) is 0.277. The van der Waals surface area contributed by atoms with Gasteiger partial charge >= 0.3 is 0 Å². The standard InChI is InChI=1S/C27H22N6O2S/c34-24(28-20-10-11-22-19(15-20)14-18-8-4-5-9-21(18)22)12-13-25-29-23(33-35-25)16-36-27-30-26(31-32-27)17-6-2-1-3-7-17/h1-11,15H,12-14,16H2,(H,28,34)(H,30,31,32). The van der Waals surface area contributed by atoms with Gasteiger partial charge in [-0.25, -0.2) is 4.98 Å². The Bertz CT molecular complexity index is 1530. The second-order valence-corrected chi connectivity index (χ2v) is 9.42. The first-order valence-electron chi connectivity index (χ1n) is 11.6. The Balaban J connectivity index is 0.995. The zero-order chi connectivity index (χ0) is 24.3. The van der Waals surface area contributed by atoms with E-state index in [2.05, 4.69) is 67.0 Å². The smallest absolute Gasteiger partial charge is 0.227 e. The molecule has 0 radical (unpaired) electrons. The van der Waals surface area contributed by atoms with Gasteiger partial charge in [0.15, 0.2) is 11.6 Å². The number of aromatic amines is 1. The van der Waals surface area contributed by atoms with E-state index >= 15 is 0 Å². The Hall–Kier alpha value is -4.24. The van der Waals surface area contributed by atoms with Crippen molar-refractivity contribution in [1.29, 1.82) is 0 Å². The van der Waals surface area contributed by atoms with Crippen LogP contribution in [0, 0.1) is 0 Å². The molecular weight excluding hydrogens is 472 g/mol. The summed E-state index contributed by atoms with van der Waals surface area (Å²) in [6.45, 7) is 0. The van der Waals surface area contributed by atoms with Crippen molar-refractivity contribution < 1.29 is 9.32 Å². The first kappa shape index (κ1) is 22.2. The lowest BCUT2D eigenvalue weighted by atomic mass is 10.1. The normalized spacial score (nSPS) is 11.8. The van der Waals surface area contributed by atoms with E-state index in [-0.39, 0.29) is 12.3 Å². The summed E-state index contributed by atoms with van der Waals surface area (Å²) in [5, 5.41) is 14.8. The van der Waals surface area contributed by atoms with Crippen molar-refractivity contribution in [2.24, 2.45) is 0 Å². The van der Waals surface area contributed by atoms with Crippen molar-refractivity contribution in [3.05, 3.63) is 95.6 Å². The van der Waals surface area contributed by atoms with Crippen molar-refractivity contribution in [3.63, 3.8) is 0 Å². The molecule has 0 saturated carbocycles. The summed E-state index contributed by atoms with van der Waals surface area (Å²) < 4.78 is 5.32. The molecule has 0 aliphatic heterocycles. The molecule has 0 saturated heterocycles. The van der Waals surface area contributed by atoms with Crippen molar-refractivity contribution in [2.75, 3.05) is 5.32 Å². The molecule has 0 unspecified atom stereocenters. The second-order valence-electron chi connectivity index (χ2n) is 8.48. The highest BCUT2D eigenvalue weighted by Gasteiger charge is 2.18. The maximum absolute atomic E-state index is 12.5. The van der Waals surface area contributed by atoms with Gasteiger partial charge in [-0.1, -0.05) is 77.6 Å². The third-order valence-corrected chi connectivity index (χ3v) is 6.84. The number of nitrogens with zero attached hydrogens (tertiary/aromatic N) is 4. The number of aryl methyl sites for hydroxylation is 1. The minimum absolute atomic E-state index is 0.0891. The summed E-state index contributed by atoms with van der Waals surface area (Å²) in [5.74, 6) is 2.07. The average molecular weight is 495 g/mol. The number of fused-ring (bicyclic) bond motifs is 3. The van der Waals surface area contributed by atoms with Crippen LogP contribution in [0.1, 0.15) is 29.3 Å². The molecule has 2 heterocycles. The summed E-state index contributed by atoms with van der Waals surface area (Å²) in [6, 6.07) is 24.3. The van der Waals surface area contributed by atoms with E-state index in [0.717, 1.165) is 17.7 Å². The Kier molecular flexibility index (Phi) is 6.05. The van der Waals surface area contributed by atoms with Gasteiger partial charge < -0.3 is 9.84 Å². The van der Waals surface area contributed by atoms with E-state index < -0.39 is 0 Å². The van der Waals surface area contributed by atoms with Crippen molar-refractivity contribution in [3.8, 4) is 22.5 Å². The molecule has 0 bridgehead atoms. The summed E-state index contributed by atoms with van der Waals surface area (Å²) in [4.78, 5) is 21.4. The molecule has 2 aromatic heterocycles. The van der Waals surface area contributed by atoms with Crippen LogP contribution in [0.5, 0.6) is 0 Å². The van der Waals surface area contributed by atoms with Gasteiger partial charge in [-0.15, -0.1) is 5.10 Å². The Labute approximate surface area is 211 Å². The molecule has 6 rings (SSSR count). The van der Waals surface area contributed by atoms with Gasteiger partial charge in [0.05, 0.1) is 5.75 Å². The number of rotatable bonds is 8. The molecule has 5 aromatic rings. The Morgan fingerprint density at radius 3 is 2.72 bits per heavy atom. The van der Waals surface area contributed by atoms with Crippen LogP contribution < -0.4 is 5.32 Å². The lowest BCUT2D eigenvalue weighted by Gasteiger charge is -2.07. The van der Waals surface area contributed by atoms with Crippen molar-refractivity contribution >= 4 is 23.4 Å². The summed E-state index contributed by atoms with van der Waals surface area (Å²) in [6.07, 6.45) is 1.52. The third kappa shape index (κ3) is 4.78. The number of benzene rings is 3. The van der Waals surface area contributed by atoms with Gasteiger partial charge in [0, 0.05) is 24.1 Å². The Morgan fingerprint density at radius 2 is 1.81 bits per heavy atom. The maximum atomic E-state index is 12.5. The van der Waals surface area contributed by atoms with Crippen molar-refractivity contribution in [1.82, 2.24) is 25.3 Å². The summed E-state index contributed by atoms with van der Waals surface area (Å²) >= 11 is 1.42. The molecule has 1 aliphatic carbocycles. The number of thioether (sulfide) groups is 1. The number of hydrogen-bond acceptors (Lipinski definition) is 7. The lowest BCUT2D eigenvalue weighted by molar-refractivity contribution is -0.116. The molecule has 36 heavy (non-hydrogen) atoms. The summed E-state index contributed by atoms with van der Waals surface area (Å²) in [7, 11) is 0. The largest absolute Gasteiger partial charge is 0.339 e. The molecule has 9 heteroatoms. The SMILES string of the molecule is O=C(CCc1nc(CSc2n[nH]c(-c3ccccc3)n2)no1)Nc1ccc2c(c1)Cc1ccccc1-2. The first-order chi connectivity index (χ1) is 17.7.